The van der Waals surface area contributed by atoms with Crippen LogP contribution in [-0.4, -0.2) is 52.8 Å². The van der Waals surface area contributed by atoms with Crippen LogP contribution in [0.1, 0.15) is 41.6 Å². The van der Waals surface area contributed by atoms with E-state index in [0.717, 1.165) is 25.7 Å². The van der Waals surface area contributed by atoms with E-state index in [0.29, 0.717) is 48.6 Å². The van der Waals surface area contributed by atoms with Crippen LogP contribution in [0, 0.1) is 17.7 Å². The van der Waals surface area contributed by atoms with Crippen molar-refractivity contribution in [2.45, 2.75) is 38.3 Å². The molecule has 2 aromatic carbocycles. The molecule has 4 rings (SSSR count). The molecule has 8 nitrogen and oxygen atoms in total. The van der Waals surface area contributed by atoms with Gasteiger partial charge in [-0.15, -0.1) is 0 Å². The Labute approximate surface area is 197 Å². The highest BCUT2D eigenvalue weighted by atomic mass is 19.1. The lowest BCUT2D eigenvalue weighted by molar-refractivity contribution is -0.139. The highest BCUT2D eigenvalue weighted by Crippen LogP contribution is 2.34. The zero-order chi connectivity index (χ0) is 24.2. The van der Waals surface area contributed by atoms with Crippen LogP contribution in [-0.2, 0) is 11.3 Å². The van der Waals surface area contributed by atoms with Crippen LogP contribution in [0.3, 0.4) is 0 Å². The normalized spacial score (nSPS) is 20.6. The first kappa shape index (κ1) is 23.8. The van der Waals surface area contributed by atoms with E-state index in [4.69, 9.17) is 20.3 Å². The Morgan fingerprint density at radius 1 is 1.12 bits per heavy atom. The molecule has 2 aromatic rings. The lowest BCUT2D eigenvalue weighted by atomic mass is 9.82. The Morgan fingerprint density at radius 2 is 1.79 bits per heavy atom. The number of fused-ring (bicyclic) bond motifs is 1. The molecule has 0 saturated heterocycles. The molecule has 1 saturated carbocycles. The molecule has 4 N–H and O–H groups in total. The number of carbonyl (C=O) groups excluding carboxylic acids is 1. The minimum atomic E-state index is -1.12. The first-order valence-corrected chi connectivity index (χ1v) is 11.5. The molecule has 1 fully saturated rings. The Morgan fingerprint density at radius 3 is 2.50 bits per heavy atom. The van der Waals surface area contributed by atoms with E-state index in [1.807, 2.05) is 6.07 Å². The average molecular weight is 473 g/mol. The van der Waals surface area contributed by atoms with Gasteiger partial charge >= 0.3 is 5.97 Å². The number of aromatic hydroxyl groups is 1. The van der Waals surface area contributed by atoms with Gasteiger partial charge in [0.05, 0.1) is 12.2 Å². The van der Waals surface area contributed by atoms with Crippen molar-refractivity contribution in [3.05, 3.63) is 53.3 Å². The predicted octanol–water partition coefficient (Wildman–Crippen LogP) is 3.16. The molecule has 0 radical (unpaired) electrons. The molecule has 1 atom stereocenters. The number of nitrogens with two attached hydrogens (primary N) is 1. The van der Waals surface area contributed by atoms with Gasteiger partial charge in [-0.25, -0.2) is 4.39 Å². The lowest BCUT2D eigenvalue weighted by Gasteiger charge is -2.31. The fraction of sp³-hybridized carbons (Fsp3) is 0.440. The molecule has 182 valence electrons. The number of phenolic OH excluding ortho intramolecular Hbond substituents is 1. The zero-order valence-corrected chi connectivity index (χ0v) is 18.8. The van der Waals surface area contributed by atoms with Gasteiger partial charge in [0.25, 0.3) is 5.91 Å². The van der Waals surface area contributed by atoms with Crippen LogP contribution < -0.4 is 15.2 Å². The Kier molecular flexibility index (Phi) is 7.21. The third kappa shape index (κ3) is 5.41. The van der Waals surface area contributed by atoms with Crippen molar-refractivity contribution in [2.24, 2.45) is 17.6 Å². The number of halogens is 1. The summed E-state index contributed by atoms with van der Waals surface area (Å²) in [5.74, 6) is -0.898. The minimum Gasteiger partial charge on any atom is -0.505 e. The molecule has 34 heavy (non-hydrogen) atoms. The summed E-state index contributed by atoms with van der Waals surface area (Å²) in [5.41, 5.74) is 6.08. The first-order chi connectivity index (χ1) is 16.3. The molecule has 0 unspecified atom stereocenters. The maximum atomic E-state index is 14.2. The van der Waals surface area contributed by atoms with Gasteiger partial charge in [0, 0.05) is 19.2 Å². The summed E-state index contributed by atoms with van der Waals surface area (Å²) in [5, 5.41) is 18.4. The fourth-order valence-electron chi connectivity index (χ4n) is 4.57. The van der Waals surface area contributed by atoms with E-state index in [1.165, 1.54) is 6.07 Å². The van der Waals surface area contributed by atoms with E-state index in [9.17, 15) is 19.1 Å². The molecule has 0 aromatic heterocycles. The molecule has 1 amide bonds. The number of hydrogen-bond acceptors (Lipinski definition) is 6. The second-order valence-electron chi connectivity index (χ2n) is 9.05. The number of phenols is 1. The second kappa shape index (κ2) is 10.3. The standard InChI is InChI=1S/C25H29FN2O6/c26-23-21(29)9-8-17-12-28(24(30)22(17)23)11-15-4-6-16(7-5-15)13-33-18-2-1-3-19(10-18)34-14-20(27)25(31)32/h1-3,8-10,15-16,20,29H,4-7,11-14,27H2,(H,31,32)/t15?,16?,20-/m0/s1. The smallest absolute Gasteiger partial charge is 0.324 e. The molecule has 0 spiro atoms. The van der Waals surface area contributed by atoms with Crippen molar-refractivity contribution in [1.29, 1.82) is 0 Å². The van der Waals surface area contributed by atoms with Crippen molar-refractivity contribution < 1.29 is 33.7 Å². The van der Waals surface area contributed by atoms with Crippen molar-refractivity contribution in [1.82, 2.24) is 4.90 Å². The Hall–Kier alpha value is -3.33. The first-order valence-electron chi connectivity index (χ1n) is 11.5. The highest BCUT2D eigenvalue weighted by molar-refractivity contribution is 5.99. The molecule has 1 aliphatic carbocycles. The lowest BCUT2D eigenvalue weighted by Crippen LogP contribution is -2.36. The Balaban J connectivity index is 1.22. The van der Waals surface area contributed by atoms with Gasteiger partial charge in [-0.2, -0.15) is 0 Å². The van der Waals surface area contributed by atoms with Crippen LogP contribution in [0.15, 0.2) is 36.4 Å². The van der Waals surface area contributed by atoms with E-state index in [-0.39, 0.29) is 18.1 Å². The number of aliphatic carboxylic acids is 1. The molecule has 1 aliphatic heterocycles. The maximum Gasteiger partial charge on any atom is 0.324 e. The second-order valence-corrected chi connectivity index (χ2v) is 9.05. The number of carboxylic acid groups (broad SMARTS) is 1. The van der Waals surface area contributed by atoms with Crippen molar-refractivity contribution in [2.75, 3.05) is 19.8 Å². The van der Waals surface area contributed by atoms with Gasteiger partial charge in [-0.1, -0.05) is 12.1 Å². The minimum absolute atomic E-state index is 0.00163. The Bertz CT molecular complexity index is 1050. The van der Waals surface area contributed by atoms with Crippen LogP contribution in [0.25, 0.3) is 0 Å². The number of rotatable bonds is 9. The van der Waals surface area contributed by atoms with E-state index >= 15 is 0 Å². The van der Waals surface area contributed by atoms with E-state index in [2.05, 4.69) is 0 Å². The van der Waals surface area contributed by atoms with E-state index < -0.39 is 23.6 Å². The number of amides is 1. The summed E-state index contributed by atoms with van der Waals surface area (Å²) in [4.78, 5) is 25.1. The number of ether oxygens (including phenoxy) is 2. The third-order valence-electron chi connectivity index (χ3n) is 6.55. The van der Waals surface area contributed by atoms with Crippen LogP contribution >= 0.6 is 0 Å². The SMILES string of the molecule is N[C@@H](COc1cccc(OCC2CCC(CN3Cc4ccc(O)c(F)c4C3=O)CC2)c1)C(=O)O. The topological polar surface area (TPSA) is 122 Å². The van der Waals surface area contributed by atoms with Crippen molar-refractivity contribution >= 4 is 11.9 Å². The largest absolute Gasteiger partial charge is 0.505 e. The molecule has 1 heterocycles. The van der Waals surface area contributed by atoms with Crippen LogP contribution in [0.5, 0.6) is 17.2 Å². The monoisotopic (exact) mass is 472 g/mol. The predicted molar refractivity (Wildman–Crippen MR) is 121 cm³/mol. The molecular formula is C25H29FN2O6. The third-order valence-corrected chi connectivity index (χ3v) is 6.55. The summed E-state index contributed by atoms with van der Waals surface area (Å²) >= 11 is 0. The summed E-state index contributed by atoms with van der Waals surface area (Å²) in [6, 6.07) is 8.86. The molecular weight excluding hydrogens is 443 g/mol. The van der Waals surface area contributed by atoms with Crippen LogP contribution in [0.2, 0.25) is 0 Å². The van der Waals surface area contributed by atoms with Crippen molar-refractivity contribution in [3.8, 4) is 17.2 Å². The number of nitrogens with zero attached hydrogens (tertiary/aromatic N) is 1. The molecule has 9 heteroatoms. The van der Waals surface area contributed by atoms with Gasteiger partial charge < -0.3 is 30.3 Å². The quantitative estimate of drug-likeness (QED) is 0.512. The van der Waals surface area contributed by atoms with Gasteiger partial charge in [-0.3, -0.25) is 9.59 Å². The van der Waals surface area contributed by atoms with Gasteiger partial charge in [-0.05, 0) is 61.3 Å². The number of carbonyl (C=O) groups is 2. The van der Waals surface area contributed by atoms with Crippen molar-refractivity contribution in [3.63, 3.8) is 0 Å². The zero-order valence-electron chi connectivity index (χ0n) is 18.8. The summed E-state index contributed by atoms with van der Waals surface area (Å²) in [6.07, 6.45) is 3.85. The van der Waals surface area contributed by atoms with Crippen LogP contribution in [0.4, 0.5) is 4.39 Å². The fourth-order valence-corrected chi connectivity index (χ4v) is 4.57. The molecule has 0 bridgehead atoms. The number of hydrogen-bond donors (Lipinski definition) is 3. The summed E-state index contributed by atoms with van der Waals surface area (Å²) < 4.78 is 25.5. The van der Waals surface area contributed by atoms with Gasteiger partial charge in [0.1, 0.15) is 24.1 Å². The highest BCUT2D eigenvalue weighted by Gasteiger charge is 2.34. The number of benzene rings is 2. The molecule has 2 aliphatic rings. The number of carboxylic acids is 1. The van der Waals surface area contributed by atoms with Gasteiger partial charge in [0.2, 0.25) is 0 Å². The van der Waals surface area contributed by atoms with Gasteiger partial charge in [0.15, 0.2) is 11.6 Å². The summed E-state index contributed by atoms with van der Waals surface area (Å²) in [7, 11) is 0. The summed E-state index contributed by atoms with van der Waals surface area (Å²) in [6.45, 7) is 1.40. The maximum absolute atomic E-state index is 14.2. The van der Waals surface area contributed by atoms with E-state index in [1.54, 1.807) is 29.2 Å². The average Bonchev–Trinajstić information content (AvgIpc) is 3.15.